The van der Waals surface area contributed by atoms with E-state index in [4.69, 9.17) is 9.47 Å². The average molecular weight is 533 g/mol. The average Bonchev–Trinajstić information content (AvgIpc) is 2.87. The number of benzene rings is 2. The van der Waals surface area contributed by atoms with E-state index in [1.807, 2.05) is 6.07 Å². The van der Waals surface area contributed by atoms with Crippen LogP contribution in [0.5, 0.6) is 11.5 Å². The third-order valence-electron chi connectivity index (χ3n) is 8.41. The monoisotopic (exact) mass is 532 g/mol. The molecule has 0 saturated carbocycles. The molecule has 1 aliphatic rings. The number of Topliss-reactive ketones (excluding diaryl/α,β-unsaturated/α-hetero) is 1. The van der Waals surface area contributed by atoms with Crippen LogP contribution in [0.15, 0.2) is 42.5 Å². The van der Waals surface area contributed by atoms with Gasteiger partial charge in [-0.25, -0.2) is 0 Å². The van der Waals surface area contributed by atoms with Crippen molar-refractivity contribution in [3.63, 3.8) is 0 Å². The van der Waals surface area contributed by atoms with E-state index in [-0.39, 0.29) is 11.5 Å². The topological polar surface area (TPSA) is 35.5 Å². The number of hydrogen-bond donors (Lipinski definition) is 0. The van der Waals surface area contributed by atoms with Crippen molar-refractivity contribution in [1.82, 2.24) is 0 Å². The number of carbonyl (C=O) groups excluding carboxylic acids is 1. The number of ketones is 1. The van der Waals surface area contributed by atoms with Crippen molar-refractivity contribution >= 4 is 5.78 Å². The van der Waals surface area contributed by atoms with Crippen LogP contribution in [-0.4, -0.2) is 11.4 Å². The van der Waals surface area contributed by atoms with Crippen LogP contribution >= 0.6 is 0 Å². The van der Waals surface area contributed by atoms with E-state index >= 15 is 0 Å². The quantitative estimate of drug-likeness (QED) is 0.227. The number of hydrogen-bond acceptors (Lipinski definition) is 3. The van der Waals surface area contributed by atoms with Gasteiger partial charge in [0.1, 0.15) is 29.5 Å². The Kier molecular flexibility index (Phi) is 11.3. The van der Waals surface area contributed by atoms with Gasteiger partial charge in [-0.1, -0.05) is 89.4 Å². The number of ether oxygens (including phenoxy) is 2. The zero-order valence-electron chi connectivity index (χ0n) is 25.9. The Morgan fingerprint density at radius 3 is 2.41 bits per heavy atom. The van der Waals surface area contributed by atoms with Crippen LogP contribution in [0.2, 0.25) is 0 Å². The molecule has 2 aromatic carbocycles. The fourth-order valence-electron chi connectivity index (χ4n) is 5.80. The molecule has 214 valence electrons. The first-order valence-electron chi connectivity index (χ1n) is 15.2. The van der Waals surface area contributed by atoms with Crippen molar-refractivity contribution in [3.05, 3.63) is 70.3 Å². The van der Waals surface area contributed by atoms with Crippen molar-refractivity contribution in [1.29, 1.82) is 0 Å². The normalized spacial score (nSPS) is 18.6. The lowest BCUT2D eigenvalue weighted by Crippen LogP contribution is -2.36. The van der Waals surface area contributed by atoms with Crippen molar-refractivity contribution in [3.8, 4) is 11.5 Å². The van der Waals surface area contributed by atoms with Crippen LogP contribution in [0.3, 0.4) is 0 Å². The maximum atomic E-state index is 12.6. The highest BCUT2D eigenvalue weighted by Gasteiger charge is 2.34. The highest BCUT2D eigenvalue weighted by molar-refractivity contribution is 5.79. The maximum absolute atomic E-state index is 12.6. The molecule has 3 nitrogen and oxygen atoms in total. The van der Waals surface area contributed by atoms with E-state index < -0.39 is 0 Å². The first kappa shape index (κ1) is 31.0. The van der Waals surface area contributed by atoms with Crippen molar-refractivity contribution in [2.75, 3.05) is 0 Å². The molecule has 1 aliphatic heterocycles. The third-order valence-corrected chi connectivity index (χ3v) is 8.41. The first-order valence-corrected chi connectivity index (χ1v) is 15.2. The molecule has 0 amide bonds. The Balaban J connectivity index is 1.56. The van der Waals surface area contributed by atoms with Crippen LogP contribution in [0.1, 0.15) is 107 Å². The molecule has 0 aromatic heterocycles. The van der Waals surface area contributed by atoms with Crippen LogP contribution in [0, 0.1) is 38.5 Å². The van der Waals surface area contributed by atoms with Gasteiger partial charge >= 0.3 is 0 Å². The van der Waals surface area contributed by atoms with Crippen molar-refractivity contribution < 1.29 is 14.3 Å². The van der Waals surface area contributed by atoms with Crippen LogP contribution in [0.4, 0.5) is 0 Å². The molecule has 1 unspecified atom stereocenters. The summed E-state index contributed by atoms with van der Waals surface area (Å²) < 4.78 is 13.1. The second-order valence-corrected chi connectivity index (χ2v) is 12.8. The lowest BCUT2D eigenvalue weighted by Gasteiger charge is -2.38. The van der Waals surface area contributed by atoms with Crippen molar-refractivity contribution in [2.24, 2.45) is 17.8 Å². The van der Waals surface area contributed by atoms with E-state index in [2.05, 4.69) is 91.8 Å². The SMILES string of the molecule is Cc1c(C)c2c(c(C)c1OCc1ccccc1)CC[C@](C)(C/C=C/C(C)CC(=O)C[C@H](C)CCCC(C)C)O2. The summed E-state index contributed by atoms with van der Waals surface area (Å²) in [6.45, 7) is 18.2. The number of rotatable bonds is 14. The Morgan fingerprint density at radius 2 is 1.72 bits per heavy atom. The summed E-state index contributed by atoms with van der Waals surface area (Å²) in [7, 11) is 0. The van der Waals surface area contributed by atoms with Gasteiger partial charge in [0, 0.05) is 24.8 Å². The molecule has 2 aromatic rings. The molecule has 39 heavy (non-hydrogen) atoms. The Morgan fingerprint density at radius 1 is 1.00 bits per heavy atom. The molecule has 1 heterocycles. The molecule has 3 rings (SSSR count). The minimum Gasteiger partial charge on any atom is -0.488 e. The molecule has 0 radical (unpaired) electrons. The third kappa shape index (κ3) is 8.98. The summed E-state index contributed by atoms with van der Waals surface area (Å²) in [6, 6.07) is 10.3. The molecule has 3 atom stereocenters. The van der Waals surface area contributed by atoms with E-state index in [1.54, 1.807) is 0 Å². The lowest BCUT2D eigenvalue weighted by atomic mass is 9.85. The zero-order chi connectivity index (χ0) is 28.6. The van der Waals surface area contributed by atoms with Crippen molar-refractivity contribution in [2.45, 2.75) is 119 Å². The Hall–Kier alpha value is -2.55. The second kappa shape index (κ2) is 14.2. The van der Waals surface area contributed by atoms with E-state index in [9.17, 15) is 4.79 Å². The molecule has 0 aliphatic carbocycles. The van der Waals surface area contributed by atoms with Gasteiger partial charge in [0.15, 0.2) is 0 Å². The zero-order valence-corrected chi connectivity index (χ0v) is 25.9. The number of allylic oxidation sites excluding steroid dienone is 1. The standard InChI is InChI=1S/C36H52O3/c1-25(2)14-12-15-26(3)22-32(37)23-27(4)16-13-20-36(8)21-19-33-30(7)34(28(5)29(6)35(33)39-36)38-24-31-17-10-9-11-18-31/h9-11,13,16-18,25-27H,12,14-15,19-24H2,1-8H3/b16-13+/t26-,27?,36+/m1/s1. The molecule has 0 spiro atoms. The molecule has 0 fully saturated rings. The molecule has 0 N–H and O–H groups in total. The summed E-state index contributed by atoms with van der Waals surface area (Å²) >= 11 is 0. The summed E-state index contributed by atoms with van der Waals surface area (Å²) in [6.07, 6.45) is 12.2. The Labute approximate surface area is 238 Å². The molecule has 0 saturated heterocycles. The summed E-state index contributed by atoms with van der Waals surface area (Å²) in [4.78, 5) is 12.6. The van der Waals surface area contributed by atoms with Crippen LogP contribution < -0.4 is 9.47 Å². The molecule has 3 heteroatoms. The van der Waals surface area contributed by atoms with Crippen LogP contribution in [0.25, 0.3) is 0 Å². The van der Waals surface area contributed by atoms with Gasteiger partial charge in [-0.2, -0.15) is 0 Å². The van der Waals surface area contributed by atoms with Gasteiger partial charge in [-0.15, -0.1) is 0 Å². The minimum atomic E-state index is -0.242. The van der Waals surface area contributed by atoms with Gasteiger partial charge in [0.05, 0.1) is 0 Å². The van der Waals surface area contributed by atoms with Gasteiger partial charge in [-0.3, -0.25) is 4.79 Å². The maximum Gasteiger partial charge on any atom is 0.133 e. The Bertz CT molecular complexity index is 1110. The predicted octanol–water partition coefficient (Wildman–Crippen LogP) is 9.67. The number of carbonyl (C=O) groups is 1. The van der Waals surface area contributed by atoms with Gasteiger partial charge in [0.25, 0.3) is 0 Å². The highest BCUT2D eigenvalue weighted by atomic mass is 16.5. The molecular weight excluding hydrogens is 480 g/mol. The second-order valence-electron chi connectivity index (χ2n) is 12.8. The van der Waals surface area contributed by atoms with E-state index in [1.165, 1.54) is 35.1 Å². The summed E-state index contributed by atoms with van der Waals surface area (Å²) in [5.74, 6) is 3.92. The summed E-state index contributed by atoms with van der Waals surface area (Å²) in [5, 5.41) is 0. The largest absolute Gasteiger partial charge is 0.488 e. The highest BCUT2D eigenvalue weighted by Crippen LogP contribution is 2.44. The van der Waals surface area contributed by atoms with Gasteiger partial charge in [0.2, 0.25) is 0 Å². The summed E-state index contributed by atoms with van der Waals surface area (Å²) in [5.41, 5.74) is 5.75. The van der Waals surface area contributed by atoms with Gasteiger partial charge < -0.3 is 9.47 Å². The molecular formula is C36H52O3. The minimum absolute atomic E-state index is 0.242. The van der Waals surface area contributed by atoms with Gasteiger partial charge in [-0.05, 0) is 80.5 Å². The fourth-order valence-corrected chi connectivity index (χ4v) is 5.80. The molecule has 0 bridgehead atoms. The van der Waals surface area contributed by atoms with E-state index in [0.717, 1.165) is 48.7 Å². The fraction of sp³-hybridized carbons (Fsp3) is 0.583. The van der Waals surface area contributed by atoms with Crippen LogP contribution in [-0.2, 0) is 17.8 Å². The predicted molar refractivity (Wildman–Crippen MR) is 164 cm³/mol. The van der Waals surface area contributed by atoms with E-state index in [0.29, 0.717) is 31.1 Å². The number of fused-ring (bicyclic) bond motifs is 1. The lowest BCUT2D eigenvalue weighted by molar-refractivity contribution is -0.120. The first-order chi connectivity index (χ1) is 18.5. The smallest absolute Gasteiger partial charge is 0.133 e.